The Morgan fingerprint density at radius 2 is 2.37 bits per heavy atom. The quantitative estimate of drug-likeness (QED) is 0.878. The van der Waals surface area contributed by atoms with E-state index in [4.69, 9.17) is 16.9 Å². The van der Waals surface area contributed by atoms with Crippen molar-refractivity contribution in [3.63, 3.8) is 0 Å². The monoisotopic (exact) mass is 297 g/mol. The third-order valence-corrected chi connectivity index (χ3v) is 3.63. The molecule has 2 aromatic rings. The Labute approximate surface area is 118 Å². The van der Waals surface area contributed by atoms with Crippen molar-refractivity contribution in [3.8, 4) is 6.07 Å². The highest BCUT2D eigenvalue weighted by Gasteiger charge is 2.23. The Bertz CT molecular complexity index is 676. The van der Waals surface area contributed by atoms with E-state index in [0.29, 0.717) is 28.3 Å². The number of anilines is 1. The highest BCUT2D eigenvalue weighted by molar-refractivity contribution is 7.92. The fourth-order valence-electron chi connectivity index (χ4n) is 1.90. The molecule has 3 rings (SSSR count). The van der Waals surface area contributed by atoms with Crippen molar-refractivity contribution in [2.24, 2.45) is 5.92 Å². The molecule has 1 saturated carbocycles. The van der Waals surface area contributed by atoms with Gasteiger partial charge in [0.2, 0.25) is 5.28 Å². The van der Waals surface area contributed by atoms with Crippen LogP contribution >= 0.6 is 23.9 Å². The highest BCUT2D eigenvalue weighted by Crippen LogP contribution is 2.32. The van der Waals surface area contributed by atoms with Gasteiger partial charge in [-0.1, -0.05) is 0 Å². The summed E-state index contributed by atoms with van der Waals surface area (Å²) in [6.07, 6.45) is 3.78. The first-order valence-electron chi connectivity index (χ1n) is 5.74. The molecule has 0 radical (unpaired) electrons. The van der Waals surface area contributed by atoms with Gasteiger partial charge in [-0.25, -0.2) is 8.96 Å². The van der Waals surface area contributed by atoms with E-state index in [2.05, 4.69) is 15.3 Å². The summed E-state index contributed by atoms with van der Waals surface area (Å²) in [5, 5.41) is 12.8. The van der Waals surface area contributed by atoms with Crippen LogP contribution < -0.4 is 5.32 Å². The fraction of sp³-hybridized carbons (Fsp3) is 0.364. The first kappa shape index (κ1) is 12.5. The van der Waals surface area contributed by atoms with E-state index in [1.54, 1.807) is 0 Å². The van der Waals surface area contributed by atoms with Gasteiger partial charge in [-0.15, -0.1) is 3.89 Å². The van der Waals surface area contributed by atoms with Gasteiger partial charge >= 0.3 is 0 Å². The van der Waals surface area contributed by atoms with Crippen LogP contribution in [0, 0.1) is 17.2 Å². The third-order valence-electron chi connectivity index (χ3n) is 3.04. The Morgan fingerprint density at radius 1 is 1.58 bits per heavy atom. The molecule has 5 nitrogen and oxygen atoms in total. The molecule has 2 heterocycles. The van der Waals surface area contributed by atoms with Crippen LogP contribution in [0.5, 0.6) is 0 Å². The lowest BCUT2D eigenvalue weighted by molar-refractivity contribution is 0.883. The van der Waals surface area contributed by atoms with Gasteiger partial charge in [0, 0.05) is 12.7 Å². The van der Waals surface area contributed by atoms with E-state index in [9.17, 15) is 3.89 Å². The maximum Gasteiger partial charge on any atom is 0.226 e. The van der Waals surface area contributed by atoms with Crippen LogP contribution in [0.3, 0.4) is 0 Å². The molecule has 2 aromatic heterocycles. The zero-order valence-corrected chi connectivity index (χ0v) is 11.3. The topological polar surface area (TPSA) is 66.5 Å². The number of hydrogen-bond donors (Lipinski definition) is 1. The summed E-state index contributed by atoms with van der Waals surface area (Å²) in [7, 11) is 0. The molecule has 1 N–H and O–H groups in total. The van der Waals surface area contributed by atoms with E-state index in [-0.39, 0.29) is 17.6 Å². The Hall–Kier alpha value is -1.52. The molecule has 0 spiro atoms. The van der Waals surface area contributed by atoms with E-state index in [1.807, 2.05) is 6.07 Å². The van der Waals surface area contributed by atoms with Gasteiger partial charge in [-0.05, 0) is 30.4 Å². The third kappa shape index (κ3) is 2.33. The number of hydrogen-bond acceptors (Lipinski definition) is 5. The van der Waals surface area contributed by atoms with Gasteiger partial charge in [-0.2, -0.15) is 10.2 Å². The molecule has 0 aliphatic heterocycles. The number of halogens is 2. The maximum absolute atomic E-state index is 12.8. The van der Waals surface area contributed by atoms with Crippen molar-refractivity contribution in [1.82, 2.24) is 13.9 Å². The second-order valence-electron chi connectivity index (χ2n) is 4.41. The molecule has 0 bridgehead atoms. The lowest BCUT2D eigenvalue weighted by atomic mass is 10.2. The Kier molecular flexibility index (Phi) is 3.21. The lowest BCUT2D eigenvalue weighted by Gasteiger charge is -2.06. The minimum atomic E-state index is -0.0225. The number of nitriles is 1. The predicted molar refractivity (Wildman–Crippen MR) is 72.6 cm³/mol. The van der Waals surface area contributed by atoms with E-state index < -0.39 is 0 Å². The molecule has 0 saturated heterocycles. The molecule has 1 aliphatic rings. The highest BCUT2D eigenvalue weighted by atomic mass is 35.5. The van der Waals surface area contributed by atoms with Crippen LogP contribution in [-0.4, -0.2) is 20.5 Å². The number of nitrogens with zero attached hydrogens (tertiary/aromatic N) is 4. The normalized spacial score (nSPS) is 14.6. The Morgan fingerprint density at radius 3 is 3.00 bits per heavy atom. The van der Waals surface area contributed by atoms with Crippen LogP contribution in [0.2, 0.25) is 5.28 Å². The molecule has 8 heteroatoms. The molecule has 0 amide bonds. The van der Waals surface area contributed by atoms with E-state index in [1.165, 1.54) is 23.0 Å². The lowest BCUT2D eigenvalue weighted by Crippen LogP contribution is -2.06. The summed E-state index contributed by atoms with van der Waals surface area (Å²) < 4.78 is 14.0. The molecule has 1 fully saturated rings. The van der Waals surface area contributed by atoms with Gasteiger partial charge in [0.15, 0.2) is 18.0 Å². The van der Waals surface area contributed by atoms with Crippen molar-refractivity contribution >= 4 is 40.8 Å². The van der Waals surface area contributed by atoms with Crippen LogP contribution in [0.25, 0.3) is 11.0 Å². The van der Waals surface area contributed by atoms with E-state index in [0.717, 1.165) is 6.54 Å². The first-order chi connectivity index (χ1) is 9.22. The number of fused-ring (bicyclic) bond motifs is 1. The van der Waals surface area contributed by atoms with Crippen molar-refractivity contribution in [2.45, 2.75) is 12.8 Å². The van der Waals surface area contributed by atoms with Gasteiger partial charge in [-0.3, -0.25) is 0 Å². The zero-order valence-electron chi connectivity index (χ0n) is 9.73. The molecule has 0 unspecified atom stereocenters. The summed E-state index contributed by atoms with van der Waals surface area (Å²) in [6, 6.07) is 2.02. The molecule has 0 aromatic carbocycles. The van der Waals surface area contributed by atoms with Crippen molar-refractivity contribution in [2.75, 3.05) is 11.9 Å². The standard InChI is InChI=1S/C11H9ClFN5S/c12-11-16-9(15-4-6-1-2-6)8-7(3-14)5-18(19-13)10(8)17-11/h5-6H,1-2,4H2,(H,15,16,17). The average Bonchev–Trinajstić information content (AvgIpc) is 3.16. The summed E-state index contributed by atoms with van der Waals surface area (Å²) in [5.74, 6) is 1.14. The fourth-order valence-corrected chi connectivity index (χ4v) is 2.41. The number of aromatic nitrogens is 3. The average molecular weight is 298 g/mol. The number of nitrogens with one attached hydrogen (secondary N) is 1. The second-order valence-corrected chi connectivity index (χ2v) is 5.28. The van der Waals surface area contributed by atoms with Crippen LogP contribution in [-0.2, 0) is 0 Å². The van der Waals surface area contributed by atoms with Gasteiger partial charge in [0.05, 0.1) is 10.9 Å². The smallest absolute Gasteiger partial charge is 0.226 e. The molecule has 19 heavy (non-hydrogen) atoms. The Balaban J connectivity index is 2.12. The van der Waals surface area contributed by atoms with Crippen molar-refractivity contribution < 1.29 is 3.89 Å². The SMILES string of the molecule is N#Cc1cn(SF)c2nc(Cl)nc(NCC3CC3)c12. The molecular formula is C11H9ClFN5S. The minimum Gasteiger partial charge on any atom is -0.369 e. The largest absolute Gasteiger partial charge is 0.369 e. The van der Waals surface area contributed by atoms with Crippen molar-refractivity contribution in [1.29, 1.82) is 5.26 Å². The summed E-state index contributed by atoms with van der Waals surface area (Å²) >= 11 is 5.82. The van der Waals surface area contributed by atoms with Crippen LogP contribution in [0.1, 0.15) is 18.4 Å². The second kappa shape index (κ2) is 4.87. The van der Waals surface area contributed by atoms with Crippen molar-refractivity contribution in [3.05, 3.63) is 17.0 Å². The molecular weight excluding hydrogens is 289 g/mol. The summed E-state index contributed by atoms with van der Waals surface area (Å²) in [5.41, 5.74) is 0.637. The molecule has 98 valence electrons. The zero-order chi connectivity index (χ0) is 13.4. The van der Waals surface area contributed by atoms with Gasteiger partial charge in [0.1, 0.15) is 11.9 Å². The first-order valence-corrected chi connectivity index (χ1v) is 6.79. The minimum absolute atomic E-state index is 0.0225. The maximum atomic E-state index is 12.8. The summed E-state index contributed by atoms with van der Waals surface area (Å²) in [4.78, 5) is 8.09. The van der Waals surface area contributed by atoms with Crippen LogP contribution in [0.15, 0.2) is 6.20 Å². The summed E-state index contributed by atoms with van der Waals surface area (Å²) in [6.45, 7) is 0.779. The van der Waals surface area contributed by atoms with Crippen LogP contribution in [0.4, 0.5) is 9.70 Å². The molecule has 0 atom stereocenters. The van der Waals surface area contributed by atoms with E-state index >= 15 is 0 Å². The van der Waals surface area contributed by atoms with Gasteiger partial charge in [0.25, 0.3) is 0 Å². The van der Waals surface area contributed by atoms with Gasteiger partial charge < -0.3 is 5.32 Å². The number of rotatable bonds is 4. The predicted octanol–water partition coefficient (Wildman–Crippen LogP) is 3.16. The molecule has 1 aliphatic carbocycles.